The van der Waals surface area contributed by atoms with Crippen LogP contribution in [0.2, 0.25) is 0 Å². The highest BCUT2D eigenvalue weighted by Gasteiger charge is 2.30. The van der Waals surface area contributed by atoms with Crippen LogP contribution in [0.3, 0.4) is 0 Å². The van der Waals surface area contributed by atoms with Gasteiger partial charge in [-0.25, -0.2) is 4.98 Å². The Labute approximate surface area is 169 Å². The highest BCUT2D eigenvalue weighted by atomic mass is 32.1. The molecule has 3 rings (SSSR count). The number of aromatic nitrogens is 2. The molecule has 0 bridgehead atoms. The van der Waals surface area contributed by atoms with E-state index in [1.165, 1.54) is 11.3 Å². The van der Waals surface area contributed by atoms with E-state index < -0.39 is 11.7 Å². The number of nitrogens with one attached hydrogen (secondary N) is 1. The van der Waals surface area contributed by atoms with Crippen molar-refractivity contribution in [3.05, 3.63) is 75.6 Å². The molecular weight excluding hydrogens is 399 g/mol. The number of carbonyl (C=O) groups excluding carboxylic acids is 1. The van der Waals surface area contributed by atoms with E-state index in [-0.39, 0.29) is 17.9 Å². The van der Waals surface area contributed by atoms with Crippen molar-refractivity contribution in [1.29, 1.82) is 0 Å². The minimum Gasteiger partial charge on any atom is -0.365 e. The van der Waals surface area contributed by atoms with E-state index in [0.29, 0.717) is 11.1 Å². The minimum atomic E-state index is -4.48. The molecule has 148 valence electrons. The van der Waals surface area contributed by atoms with Gasteiger partial charge in [-0.3, -0.25) is 9.78 Å². The van der Waals surface area contributed by atoms with Gasteiger partial charge in [-0.2, -0.15) is 13.2 Å². The molecule has 0 aliphatic rings. The fourth-order valence-corrected chi connectivity index (χ4v) is 3.15. The van der Waals surface area contributed by atoms with E-state index in [4.69, 9.17) is 0 Å². The molecule has 0 saturated carbocycles. The molecule has 1 aromatic carbocycles. The summed E-state index contributed by atoms with van der Waals surface area (Å²) in [7, 11) is 1.77. The molecule has 0 aliphatic carbocycles. The smallest absolute Gasteiger partial charge is 0.365 e. The molecule has 0 unspecified atom stereocenters. The second kappa shape index (κ2) is 8.45. The maximum Gasteiger partial charge on any atom is 0.416 e. The standard InChI is InChI=1S/C21H16F3N3OS/c1-13-3-4-15(9-14(13)5-6-18-12-27-20(25-2)29-18)19(28)11-17-10-16(7-8-26-17)21(22,23)24/h3-4,7-10,12H,11H2,1-2H3,(H,25,27). The number of pyridine rings is 1. The van der Waals surface area contributed by atoms with Crippen LogP contribution in [0.5, 0.6) is 0 Å². The largest absolute Gasteiger partial charge is 0.416 e. The third-order valence-electron chi connectivity index (χ3n) is 4.09. The van der Waals surface area contributed by atoms with Crippen LogP contribution in [0.25, 0.3) is 0 Å². The number of halogens is 3. The molecule has 2 heterocycles. The van der Waals surface area contributed by atoms with Gasteiger partial charge in [0.05, 0.1) is 23.1 Å². The van der Waals surface area contributed by atoms with Crippen LogP contribution in [0, 0.1) is 18.8 Å². The van der Waals surface area contributed by atoms with Gasteiger partial charge in [0, 0.05) is 30.1 Å². The topological polar surface area (TPSA) is 54.9 Å². The lowest BCUT2D eigenvalue weighted by molar-refractivity contribution is -0.137. The van der Waals surface area contributed by atoms with E-state index >= 15 is 0 Å². The molecule has 0 fully saturated rings. The number of benzene rings is 1. The Bertz CT molecular complexity index is 1110. The van der Waals surface area contributed by atoms with Crippen molar-refractivity contribution >= 4 is 22.3 Å². The van der Waals surface area contributed by atoms with Crippen molar-refractivity contribution in [2.45, 2.75) is 19.5 Å². The Morgan fingerprint density at radius 1 is 1.17 bits per heavy atom. The SMILES string of the molecule is CNc1ncc(C#Cc2cc(C(=O)Cc3cc(C(F)(F)F)ccn3)ccc2C)s1. The maximum absolute atomic E-state index is 12.8. The molecule has 4 nitrogen and oxygen atoms in total. The summed E-state index contributed by atoms with van der Waals surface area (Å²) in [6.07, 6.45) is -1.98. The lowest BCUT2D eigenvalue weighted by atomic mass is 10.00. The number of ketones is 1. The molecule has 8 heteroatoms. The average Bonchev–Trinajstić information content (AvgIpc) is 3.15. The van der Waals surface area contributed by atoms with Gasteiger partial charge in [0.1, 0.15) is 0 Å². The molecule has 0 saturated heterocycles. The van der Waals surface area contributed by atoms with Gasteiger partial charge >= 0.3 is 6.18 Å². The van der Waals surface area contributed by atoms with Crippen molar-refractivity contribution in [2.75, 3.05) is 12.4 Å². The zero-order chi connectivity index (χ0) is 21.0. The first kappa shape index (κ1) is 20.6. The van der Waals surface area contributed by atoms with Gasteiger partial charge in [0.2, 0.25) is 0 Å². The number of rotatable bonds is 4. The maximum atomic E-state index is 12.8. The van der Waals surface area contributed by atoms with Crippen molar-refractivity contribution < 1.29 is 18.0 Å². The fourth-order valence-electron chi connectivity index (χ4n) is 2.52. The van der Waals surface area contributed by atoms with E-state index in [0.717, 1.165) is 33.9 Å². The van der Waals surface area contributed by atoms with Crippen molar-refractivity contribution in [3.8, 4) is 11.8 Å². The Hall–Kier alpha value is -3.18. The predicted molar refractivity (Wildman–Crippen MR) is 106 cm³/mol. The van der Waals surface area contributed by atoms with E-state index in [2.05, 4.69) is 27.1 Å². The van der Waals surface area contributed by atoms with Gasteiger partial charge in [-0.05, 0) is 36.6 Å². The van der Waals surface area contributed by atoms with Crippen LogP contribution in [-0.4, -0.2) is 22.8 Å². The third kappa shape index (κ3) is 5.21. The number of aryl methyl sites for hydroxylation is 1. The highest BCUT2D eigenvalue weighted by molar-refractivity contribution is 7.16. The number of thiazole rings is 1. The Morgan fingerprint density at radius 3 is 2.66 bits per heavy atom. The summed E-state index contributed by atoms with van der Waals surface area (Å²) in [5.74, 6) is 5.72. The number of nitrogens with zero attached hydrogens (tertiary/aromatic N) is 2. The van der Waals surface area contributed by atoms with Crippen LogP contribution < -0.4 is 5.32 Å². The molecule has 0 spiro atoms. The number of Topliss-reactive ketones (excluding diaryl/α,β-unsaturated/α-hetero) is 1. The first-order valence-electron chi connectivity index (χ1n) is 8.58. The van der Waals surface area contributed by atoms with Gasteiger partial charge < -0.3 is 5.32 Å². The summed E-state index contributed by atoms with van der Waals surface area (Å²) in [5.41, 5.74) is 1.19. The molecule has 0 aliphatic heterocycles. The van der Waals surface area contributed by atoms with Crippen molar-refractivity contribution in [1.82, 2.24) is 9.97 Å². The molecule has 0 radical (unpaired) electrons. The molecule has 0 amide bonds. The number of anilines is 1. The average molecular weight is 415 g/mol. The van der Waals surface area contributed by atoms with Gasteiger partial charge in [0.15, 0.2) is 10.9 Å². The summed E-state index contributed by atoms with van der Waals surface area (Å²) in [6, 6.07) is 6.84. The minimum absolute atomic E-state index is 0.0716. The fraction of sp³-hybridized carbons (Fsp3) is 0.190. The predicted octanol–water partition coefficient (Wildman–Crippen LogP) is 4.73. The molecule has 0 atom stereocenters. The normalized spacial score (nSPS) is 10.9. The molecule has 1 N–H and O–H groups in total. The third-order valence-corrected chi connectivity index (χ3v) is 5.02. The first-order chi connectivity index (χ1) is 13.8. The molecule has 29 heavy (non-hydrogen) atoms. The Morgan fingerprint density at radius 2 is 1.97 bits per heavy atom. The first-order valence-corrected chi connectivity index (χ1v) is 9.39. The summed E-state index contributed by atoms with van der Waals surface area (Å²) < 4.78 is 38.5. The molecular formula is C21H16F3N3OS. The van der Waals surface area contributed by atoms with Crippen LogP contribution in [0.1, 0.15) is 37.6 Å². The molecule has 2 aromatic heterocycles. The number of hydrogen-bond donors (Lipinski definition) is 1. The number of alkyl halides is 3. The Balaban J connectivity index is 1.81. The highest BCUT2D eigenvalue weighted by Crippen LogP contribution is 2.29. The van der Waals surface area contributed by atoms with Crippen molar-refractivity contribution in [2.24, 2.45) is 0 Å². The summed E-state index contributed by atoms with van der Waals surface area (Å²) in [5, 5.41) is 3.69. The lowest BCUT2D eigenvalue weighted by Gasteiger charge is -2.08. The quantitative estimate of drug-likeness (QED) is 0.494. The van der Waals surface area contributed by atoms with Gasteiger partial charge in [-0.1, -0.05) is 29.4 Å². The van der Waals surface area contributed by atoms with E-state index in [1.807, 2.05) is 6.92 Å². The molecule has 3 aromatic rings. The van der Waals surface area contributed by atoms with Crippen LogP contribution >= 0.6 is 11.3 Å². The van der Waals surface area contributed by atoms with Crippen LogP contribution in [0.15, 0.2) is 42.7 Å². The van der Waals surface area contributed by atoms with Crippen LogP contribution in [-0.2, 0) is 12.6 Å². The number of carbonyl (C=O) groups is 1. The summed E-state index contributed by atoms with van der Waals surface area (Å²) in [4.78, 5) is 21.4. The monoisotopic (exact) mass is 415 g/mol. The van der Waals surface area contributed by atoms with E-state index in [9.17, 15) is 18.0 Å². The zero-order valence-corrected chi connectivity index (χ0v) is 16.4. The van der Waals surface area contributed by atoms with E-state index in [1.54, 1.807) is 31.4 Å². The Kier molecular flexibility index (Phi) is 5.99. The van der Waals surface area contributed by atoms with Gasteiger partial charge in [-0.15, -0.1) is 0 Å². The number of hydrogen-bond acceptors (Lipinski definition) is 5. The zero-order valence-electron chi connectivity index (χ0n) is 15.6. The summed E-state index contributed by atoms with van der Waals surface area (Å²) >= 11 is 1.41. The lowest BCUT2D eigenvalue weighted by Crippen LogP contribution is -2.09. The second-order valence-electron chi connectivity index (χ2n) is 6.19. The van der Waals surface area contributed by atoms with Crippen LogP contribution in [0.4, 0.5) is 18.3 Å². The summed E-state index contributed by atoms with van der Waals surface area (Å²) in [6.45, 7) is 1.87. The van der Waals surface area contributed by atoms with Gasteiger partial charge in [0.25, 0.3) is 0 Å². The second-order valence-corrected chi connectivity index (χ2v) is 7.22. The van der Waals surface area contributed by atoms with Crippen molar-refractivity contribution in [3.63, 3.8) is 0 Å².